The predicted molar refractivity (Wildman–Crippen MR) is 57.9 cm³/mol. The Hall–Kier alpha value is -1.51. The highest BCUT2D eigenvalue weighted by molar-refractivity contribution is 5.77. The van der Waals surface area contributed by atoms with Gasteiger partial charge >= 0.3 is 5.97 Å². The molecule has 1 aromatic rings. The summed E-state index contributed by atoms with van der Waals surface area (Å²) in [5, 5.41) is 18.3. The van der Waals surface area contributed by atoms with Gasteiger partial charge in [-0.1, -0.05) is 32.9 Å². The maximum Gasteiger partial charge on any atom is 0.311 e. The number of carboxylic acids is 1. The number of rotatable bonds is 2. The molecule has 82 valence electrons. The molecule has 0 fully saturated rings. The first-order valence-electron chi connectivity index (χ1n) is 4.84. The molecule has 0 aliphatic rings. The van der Waals surface area contributed by atoms with Crippen molar-refractivity contribution in [2.75, 3.05) is 0 Å². The number of carboxylic acid groups (broad SMARTS) is 1. The number of hydrogen-bond donors (Lipinski definition) is 2. The summed E-state index contributed by atoms with van der Waals surface area (Å²) in [5.74, 6) is -1.25. The molecular weight excluding hydrogens is 192 g/mol. The van der Waals surface area contributed by atoms with Crippen LogP contribution in [0.25, 0.3) is 0 Å². The van der Waals surface area contributed by atoms with Gasteiger partial charge in [0.2, 0.25) is 0 Å². The van der Waals surface area contributed by atoms with E-state index in [2.05, 4.69) is 0 Å². The van der Waals surface area contributed by atoms with Crippen LogP contribution in [-0.4, -0.2) is 16.2 Å². The van der Waals surface area contributed by atoms with Crippen LogP contribution in [0.2, 0.25) is 0 Å². The third-order valence-corrected chi connectivity index (χ3v) is 2.34. The fraction of sp³-hybridized carbons (Fsp3) is 0.417. The molecule has 1 unspecified atom stereocenters. The second-order valence-electron chi connectivity index (χ2n) is 4.73. The van der Waals surface area contributed by atoms with Gasteiger partial charge in [0.1, 0.15) is 5.75 Å². The zero-order valence-corrected chi connectivity index (χ0v) is 9.19. The van der Waals surface area contributed by atoms with E-state index in [1.165, 1.54) is 12.1 Å². The number of carbonyl (C=O) groups is 1. The molecule has 0 bridgehead atoms. The van der Waals surface area contributed by atoms with Crippen molar-refractivity contribution in [3.63, 3.8) is 0 Å². The van der Waals surface area contributed by atoms with E-state index in [-0.39, 0.29) is 11.2 Å². The lowest BCUT2D eigenvalue weighted by molar-refractivity contribution is -0.141. The van der Waals surface area contributed by atoms with Gasteiger partial charge < -0.3 is 10.2 Å². The lowest BCUT2D eigenvalue weighted by Crippen LogP contribution is -2.26. The fourth-order valence-electron chi connectivity index (χ4n) is 1.68. The molecule has 1 rings (SSSR count). The largest absolute Gasteiger partial charge is 0.508 e. The molecule has 0 spiro atoms. The molecule has 15 heavy (non-hydrogen) atoms. The molecule has 3 heteroatoms. The Labute approximate surface area is 89.4 Å². The predicted octanol–water partition coefficient (Wildman–Crippen LogP) is 2.61. The monoisotopic (exact) mass is 208 g/mol. The Morgan fingerprint density at radius 1 is 1.20 bits per heavy atom. The van der Waals surface area contributed by atoms with Crippen LogP contribution < -0.4 is 0 Å². The number of hydrogen-bond acceptors (Lipinski definition) is 2. The lowest BCUT2D eigenvalue weighted by Gasteiger charge is -2.27. The first-order valence-corrected chi connectivity index (χ1v) is 4.84. The molecule has 0 saturated heterocycles. The van der Waals surface area contributed by atoms with Crippen molar-refractivity contribution in [1.82, 2.24) is 0 Å². The molecule has 0 aromatic heterocycles. The fourth-order valence-corrected chi connectivity index (χ4v) is 1.68. The zero-order chi connectivity index (χ0) is 11.6. The van der Waals surface area contributed by atoms with Gasteiger partial charge in [-0.05, 0) is 23.1 Å². The minimum Gasteiger partial charge on any atom is -0.508 e. The molecule has 0 amide bonds. The van der Waals surface area contributed by atoms with E-state index in [1.807, 2.05) is 20.8 Å². The van der Waals surface area contributed by atoms with E-state index < -0.39 is 11.9 Å². The summed E-state index contributed by atoms with van der Waals surface area (Å²) < 4.78 is 0. The maximum atomic E-state index is 11.2. The van der Waals surface area contributed by atoms with Crippen molar-refractivity contribution in [2.24, 2.45) is 5.41 Å². The lowest BCUT2D eigenvalue weighted by atomic mass is 9.76. The molecule has 2 N–H and O–H groups in total. The Kier molecular flexibility index (Phi) is 3.03. The van der Waals surface area contributed by atoms with Crippen molar-refractivity contribution in [1.29, 1.82) is 0 Å². The van der Waals surface area contributed by atoms with Crippen LogP contribution in [0.5, 0.6) is 5.75 Å². The van der Waals surface area contributed by atoms with E-state index in [9.17, 15) is 4.79 Å². The Bertz CT molecular complexity index is 346. The first-order chi connectivity index (χ1) is 6.82. The van der Waals surface area contributed by atoms with Crippen LogP contribution in [-0.2, 0) is 4.79 Å². The van der Waals surface area contributed by atoms with Crippen LogP contribution in [0.15, 0.2) is 24.3 Å². The molecule has 1 aromatic carbocycles. The molecular formula is C12H16O3. The topological polar surface area (TPSA) is 57.5 Å². The second-order valence-corrected chi connectivity index (χ2v) is 4.73. The van der Waals surface area contributed by atoms with Crippen LogP contribution in [0.4, 0.5) is 0 Å². The standard InChI is InChI=1S/C12H16O3/c1-12(2,3)10(11(14)15)8-4-6-9(13)7-5-8/h4-7,10,13H,1-3H3,(H,14,15). The van der Waals surface area contributed by atoms with Crippen LogP contribution in [0, 0.1) is 5.41 Å². The number of phenols is 1. The van der Waals surface area contributed by atoms with Gasteiger partial charge in [0.05, 0.1) is 5.92 Å². The van der Waals surface area contributed by atoms with Gasteiger partial charge in [0.15, 0.2) is 0 Å². The summed E-state index contributed by atoms with van der Waals surface area (Å²) >= 11 is 0. The minimum absolute atomic E-state index is 0.150. The zero-order valence-electron chi connectivity index (χ0n) is 9.19. The van der Waals surface area contributed by atoms with E-state index in [0.29, 0.717) is 5.56 Å². The van der Waals surface area contributed by atoms with Gasteiger partial charge in [-0.15, -0.1) is 0 Å². The smallest absolute Gasteiger partial charge is 0.311 e. The van der Waals surface area contributed by atoms with Gasteiger partial charge in [-0.25, -0.2) is 0 Å². The number of phenolic OH excluding ortho intramolecular Hbond substituents is 1. The quantitative estimate of drug-likeness (QED) is 0.785. The molecule has 0 radical (unpaired) electrons. The van der Waals surface area contributed by atoms with E-state index in [4.69, 9.17) is 10.2 Å². The number of aromatic hydroxyl groups is 1. The van der Waals surface area contributed by atoms with Crippen molar-refractivity contribution < 1.29 is 15.0 Å². The highest BCUT2D eigenvalue weighted by Gasteiger charge is 2.32. The normalized spacial score (nSPS) is 13.5. The Morgan fingerprint density at radius 2 is 1.67 bits per heavy atom. The average Bonchev–Trinajstić information content (AvgIpc) is 2.05. The summed E-state index contributed by atoms with van der Waals surface area (Å²) in [6.45, 7) is 5.66. The molecule has 0 saturated carbocycles. The molecule has 0 heterocycles. The van der Waals surface area contributed by atoms with Crippen molar-refractivity contribution in [2.45, 2.75) is 26.7 Å². The first kappa shape index (κ1) is 11.6. The van der Waals surface area contributed by atoms with E-state index >= 15 is 0 Å². The Balaban J connectivity index is 3.11. The molecule has 0 aliphatic carbocycles. The summed E-state index contributed by atoms with van der Waals surface area (Å²) in [5.41, 5.74) is 0.371. The third kappa shape index (κ3) is 2.72. The van der Waals surface area contributed by atoms with E-state index in [0.717, 1.165) is 0 Å². The van der Waals surface area contributed by atoms with E-state index in [1.54, 1.807) is 12.1 Å². The second kappa shape index (κ2) is 3.93. The SMILES string of the molecule is CC(C)(C)C(C(=O)O)c1ccc(O)cc1. The van der Waals surface area contributed by atoms with Gasteiger partial charge in [0, 0.05) is 0 Å². The summed E-state index contributed by atoms with van der Waals surface area (Å²) in [6.07, 6.45) is 0. The highest BCUT2D eigenvalue weighted by atomic mass is 16.4. The van der Waals surface area contributed by atoms with Crippen molar-refractivity contribution in [3.8, 4) is 5.75 Å². The average molecular weight is 208 g/mol. The Morgan fingerprint density at radius 3 is 2.00 bits per heavy atom. The van der Waals surface area contributed by atoms with Gasteiger partial charge in [-0.3, -0.25) is 4.79 Å². The number of aliphatic carboxylic acids is 1. The minimum atomic E-state index is -0.840. The van der Waals surface area contributed by atoms with Crippen LogP contribution in [0.3, 0.4) is 0 Å². The van der Waals surface area contributed by atoms with Crippen molar-refractivity contribution in [3.05, 3.63) is 29.8 Å². The van der Waals surface area contributed by atoms with Crippen LogP contribution >= 0.6 is 0 Å². The highest BCUT2D eigenvalue weighted by Crippen LogP contribution is 2.35. The third-order valence-electron chi connectivity index (χ3n) is 2.34. The van der Waals surface area contributed by atoms with Crippen molar-refractivity contribution >= 4 is 5.97 Å². The molecule has 1 atom stereocenters. The van der Waals surface area contributed by atoms with Gasteiger partial charge in [0.25, 0.3) is 0 Å². The molecule has 3 nitrogen and oxygen atoms in total. The van der Waals surface area contributed by atoms with Crippen LogP contribution in [0.1, 0.15) is 32.3 Å². The summed E-state index contributed by atoms with van der Waals surface area (Å²) in [7, 11) is 0. The number of benzene rings is 1. The summed E-state index contributed by atoms with van der Waals surface area (Å²) in [6, 6.07) is 6.33. The molecule has 0 aliphatic heterocycles. The van der Waals surface area contributed by atoms with Gasteiger partial charge in [-0.2, -0.15) is 0 Å². The summed E-state index contributed by atoms with van der Waals surface area (Å²) in [4.78, 5) is 11.2. The maximum absolute atomic E-state index is 11.2.